The van der Waals surface area contributed by atoms with Gasteiger partial charge in [0.05, 0.1) is 17.5 Å². The first-order valence-electron chi connectivity index (χ1n) is 8.69. The quantitative estimate of drug-likeness (QED) is 0.543. The summed E-state index contributed by atoms with van der Waals surface area (Å²) in [4.78, 5) is 49.3. The Morgan fingerprint density at radius 2 is 1.36 bits per heavy atom. The van der Waals surface area contributed by atoms with Crippen LogP contribution < -0.4 is 10.6 Å². The highest BCUT2D eigenvalue weighted by molar-refractivity contribution is 6.30. The van der Waals surface area contributed by atoms with Crippen molar-refractivity contribution in [2.24, 2.45) is 0 Å². The molecular formula is C20H18ClN3O4. The zero-order valence-electron chi connectivity index (χ0n) is 14.9. The molecule has 0 radical (unpaired) electrons. The summed E-state index contributed by atoms with van der Waals surface area (Å²) in [6, 6.07) is 13.4. The van der Waals surface area contributed by atoms with E-state index in [1.807, 2.05) is 0 Å². The van der Waals surface area contributed by atoms with Crippen LogP contribution in [0.15, 0.2) is 48.5 Å². The second-order valence-corrected chi connectivity index (χ2v) is 6.68. The molecule has 4 amide bonds. The first-order valence-corrected chi connectivity index (χ1v) is 9.06. The van der Waals surface area contributed by atoms with Crippen LogP contribution in [0.1, 0.15) is 26.3 Å². The molecule has 2 N–H and O–H groups in total. The average molecular weight is 400 g/mol. The van der Waals surface area contributed by atoms with Crippen LogP contribution in [0.3, 0.4) is 0 Å². The minimum atomic E-state index is -0.480. The van der Waals surface area contributed by atoms with Crippen LogP contribution in [0.4, 0.5) is 0 Å². The highest BCUT2D eigenvalue weighted by Gasteiger charge is 2.36. The van der Waals surface area contributed by atoms with Gasteiger partial charge in [0.1, 0.15) is 6.54 Å². The summed E-state index contributed by atoms with van der Waals surface area (Å²) in [5.74, 6) is -1.61. The third-order valence-corrected chi connectivity index (χ3v) is 4.48. The summed E-state index contributed by atoms with van der Waals surface area (Å²) in [6.07, 6.45) is 0.208. The largest absolute Gasteiger partial charge is 0.354 e. The number of halogens is 1. The molecular weight excluding hydrogens is 382 g/mol. The molecule has 0 saturated carbocycles. The maximum absolute atomic E-state index is 12.2. The van der Waals surface area contributed by atoms with Crippen molar-refractivity contribution in [3.8, 4) is 0 Å². The maximum atomic E-state index is 12.2. The molecule has 0 spiro atoms. The fourth-order valence-corrected chi connectivity index (χ4v) is 2.96. The smallest absolute Gasteiger partial charge is 0.262 e. The number of nitrogens with one attached hydrogen (secondary N) is 2. The summed E-state index contributed by atoms with van der Waals surface area (Å²) >= 11 is 5.80. The number of hydrogen-bond donors (Lipinski definition) is 2. The van der Waals surface area contributed by atoms with Crippen molar-refractivity contribution < 1.29 is 19.2 Å². The molecule has 1 heterocycles. The molecule has 8 heteroatoms. The Kier molecular flexibility index (Phi) is 6.06. The minimum absolute atomic E-state index is 0.183. The zero-order valence-corrected chi connectivity index (χ0v) is 15.7. The molecule has 0 unspecified atom stereocenters. The summed E-state index contributed by atoms with van der Waals surface area (Å²) < 4.78 is 0. The van der Waals surface area contributed by atoms with Gasteiger partial charge in [-0.15, -0.1) is 0 Å². The number of benzene rings is 2. The highest BCUT2D eigenvalue weighted by atomic mass is 35.5. The fourth-order valence-electron chi connectivity index (χ4n) is 2.84. The van der Waals surface area contributed by atoms with Crippen LogP contribution in [0.25, 0.3) is 0 Å². The first-order chi connectivity index (χ1) is 13.5. The van der Waals surface area contributed by atoms with Crippen LogP contribution in [0.2, 0.25) is 5.02 Å². The van der Waals surface area contributed by atoms with Crippen LogP contribution in [0, 0.1) is 0 Å². The van der Waals surface area contributed by atoms with Gasteiger partial charge in [0.15, 0.2) is 0 Å². The number of rotatable bonds is 7. The van der Waals surface area contributed by atoms with Crippen LogP contribution in [-0.4, -0.2) is 48.2 Å². The average Bonchev–Trinajstić information content (AvgIpc) is 2.92. The van der Waals surface area contributed by atoms with Gasteiger partial charge >= 0.3 is 0 Å². The predicted molar refractivity (Wildman–Crippen MR) is 103 cm³/mol. The van der Waals surface area contributed by atoms with Gasteiger partial charge in [-0.2, -0.15) is 0 Å². The van der Waals surface area contributed by atoms with Crippen molar-refractivity contribution in [2.75, 3.05) is 19.6 Å². The van der Waals surface area contributed by atoms with E-state index in [4.69, 9.17) is 11.6 Å². The molecule has 0 aliphatic carbocycles. The molecule has 28 heavy (non-hydrogen) atoms. The topological polar surface area (TPSA) is 95.6 Å². The first kappa shape index (κ1) is 19.6. The van der Waals surface area contributed by atoms with E-state index < -0.39 is 17.7 Å². The molecule has 3 rings (SSSR count). The lowest BCUT2D eigenvalue weighted by Gasteiger charge is -2.13. The fraction of sp³-hybridized carbons (Fsp3) is 0.200. The van der Waals surface area contributed by atoms with Gasteiger partial charge in [-0.05, 0) is 29.8 Å². The van der Waals surface area contributed by atoms with Crippen molar-refractivity contribution in [3.63, 3.8) is 0 Å². The van der Waals surface area contributed by atoms with Crippen molar-refractivity contribution in [1.82, 2.24) is 15.5 Å². The van der Waals surface area contributed by atoms with E-state index in [0.717, 1.165) is 10.5 Å². The number of imide groups is 1. The van der Waals surface area contributed by atoms with Gasteiger partial charge in [-0.3, -0.25) is 24.1 Å². The molecule has 1 aliphatic heterocycles. The number of amides is 4. The van der Waals surface area contributed by atoms with Gasteiger partial charge in [0.25, 0.3) is 11.8 Å². The van der Waals surface area contributed by atoms with Crippen molar-refractivity contribution in [2.45, 2.75) is 6.42 Å². The lowest BCUT2D eigenvalue weighted by Crippen LogP contribution is -2.42. The molecule has 0 saturated heterocycles. The molecule has 0 bridgehead atoms. The molecule has 0 aromatic heterocycles. The second-order valence-electron chi connectivity index (χ2n) is 6.25. The van der Waals surface area contributed by atoms with Crippen LogP contribution in [0.5, 0.6) is 0 Å². The van der Waals surface area contributed by atoms with Gasteiger partial charge in [-0.25, -0.2) is 0 Å². The molecule has 7 nitrogen and oxygen atoms in total. The van der Waals surface area contributed by atoms with Gasteiger partial charge in [0.2, 0.25) is 11.8 Å². The standard InChI is InChI=1S/C20H18ClN3O4/c21-14-7-5-13(6-8-14)11-17(25)22-9-10-23-18(26)12-24-19(27)15-3-1-2-4-16(15)20(24)28/h1-8H,9-12H2,(H,22,25)(H,23,26). The third-order valence-electron chi connectivity index (χ3n) is 4.23. The SMILES string of the molecule is O=C(Cc1ccc(Cl)cc1)NCCNC(=O)CN1C(=O)c2ccccc2C1=O. The summed E-state index contributed by atoms with van der Waals surface area (Å²) in [6.45, 7) is 0.0692. The molecule has 0 fully saturated rings. The van der Waals surface area contributed by atoms with Crippen molar-refractivity contribution in [3.05, 3.63) is 70.2 Å². The van der Waals surface area contributed by atoms with Crippen LogP contribution in [-0.2, 0) is 16.0 Å². The lowest BCUT2D eigenvalue weighted by atomic mass is 10.1. The van der Waals surface area contributed by atoms with E-state index >= 15 is 0 Å². The Morgan fingerprint density at radius 1 is 0.821 bits per heavy atom. The Morgan fingerprint density at radius 3 is 1.93 bits per heavy atom. The minimum Gasteiger partial charge on any atom is -0.354 e. The van der Waals surface area contributed by atoms with E-state index in [2.05, 4.69) is 10.6 Å². The highest BCUT2D eigenvalue weighted by Crippen LogP contribution is 2.21. The maximum Gasteiger partial charge on any atom is 0.262 e. The van der Waals surface area contributed by atoms with Gasteiger partial charge < -0.3 is 10.6 Å². The molecule has 2 aromatic carbocycles. The Balaban J connectivity index is 1.39. The Hall–Kier alpha value is -3.19. The number of carbonyl (C=O) groups is 4. The summed E-state index contributed by atoms with van der Waals surface area (Å²) in [7, 11) is 0. The van der Waals surface area contributed by atoms with Crippen molar-refractivity contribution >= 4 is 35.2 Å². The normalized spacial score (nSPS) is 12.7. The van der Waals surface area contributed by atoms with E-state index in [1.165, 1.54) is 0 Å². The van der Waals surface area contributed by atoms with E-state index in [-0.39, 0.29) is 32.0 Å². The summed E-state index contributed by atoms with van der Waals surface area (Å²) in [5, 5.41) is 5.88. The van der Waals surface area contributed by atoms with Crippen LogP contribution >= 0.6 is 11.6 Å². The Labute approximate surface area is 166 Å². The second kappa shape index (κ2) is 8.67. The molecule has 144 valence electrons. The molecule has 0 atom stereocenters. The van der Waals surface area contributed by atoms with E-state index in [0.29, 0.717) is 16.1 Å². The number of hydrogen-bond acceptors (Lipinski definition) is 4. The zero-order chi connectivity index (χ0) is 20.1. The van der Waals surface area contributed by atoms with Crippen molar-refractivity contribution in [1.29, 1.82) is 0 Å². The predicted octanol–water partition coefficient (Wildman–Crippen LogP) is 1.41. The number of nitrogens with zero attached hydrogens (tertiary/aromatic N) is 1. The molecule has 1 aliphatic rings. The monoisotopic (exact) mass is 399 g/mol. The third kappa shape index (κ3) is 4.55. The van der Waals surface area contributed by atoms with E-state index in [9.17, 15) is 19.2 Å². The number of fused-ring (bicyclic) bond motifs is 1. The van der Waals surface area contributed by atoms with Gasteiger partial charge in [0, 0.05) is 18.1 Å². The lowest BCUT2D eigenvalue weighted by molar-refractivity contribution is -0.122. The number of carbonyl (C=O) groups excluding carboxylic acids is 4. The van der Waals surface area contributed by atoms with Gasteiger partial charge in [-0.1, -0.05) is 35.9 Å². The molecule has 2 aromatic rings. The van der Waals surface area contributed by atoms with E-state index in [1.54, 1.807) is 48.5 Å². The summed E-state index contributed by atoms with van der Waals surface area (Å²) in [5.41, 5.74) is 1.43. The Bertz CT molecular complexity index is 892.